The van der Waals surface area contributed by atoms with Crippen LogP contribution in [0, 0.1) is 5.82 Å². The molecule has 0 aliphatic heterocycles. The predicted molar refractivity (Wildman–Crippen MR) is 54.5 cm³/mol. The highest BCUT2D eigenvalue weighted by molar-refractivity contribution is 5.47. The zero-order valence-corrected chi connectivity index (χ0v) is 8.05. The molecule has 0 unspecified atom stereocenters. The van der Waals surface area contributed by atoms with Gasteiger partial charge in [0.25, 0.3) is 0 Å². The number of para-hydroxylation sites is 1. The maximum Gasteiger partial charge on any atom is 0.146 e. The van der Waals surface area contributed by atoms with Gasteiger partial charge < -0.3 is 4.90 Å². The number of hydrogen-bond donors (Lipinski definition) is 0. The van der Waals surface area contributed by atoms with E-state index in [0.29, 0.717) is 12.2 Å². The minimum atomic E-state index is -0.189. The van der Waals surface area contributed by atoms with E-state index in [2.05, 4.69) is 6.58 Å². The van der Waals surface area contributed by atoms with Crippen molar-refractivity contribution in [1.29, 1.82) is 0 Å². The number of halogens is 1. The number of likely N-dealkylation sites (N-methyl/N-ethyl adjacent to an activating group) is 1. The minimum Gasteiger partial charge on any atom is -0.368 e. The third-order valence-corrected chi connectivity index (χ3v) is 1.77. The first-order chi connectivity index (χ1) is 6.11. The molecule has 13 heavy (non-hydrogen) atoms. The number of rotatable bonds is 3. The van der Waals surface area contributed by atoms with Crippen LogP contribution in [0.4, 0.5) is 10.1 Å². The monoisotopic (exact) mass is 179 g/mol. The van der Waals surface area contributed by atoms with Gasteiger partial charge in [-0.3, -0.25) is 0 Å². The molecule has 1 rings (SSSR count). The van der Waals surface area contributed by atoms with Crippen LogP contribution in [0.15, 0.2) is 36.4 Å². The fourth-order valence-electron chi connectivity index (χ4n) is 1.25. The molecule has 0 saturated heterocycles. The average Bonchev–Trinajstić information content (AvgIpc) is 2.03. The molecule has 0 heterocycles. The van der Waals surface area contributed by atoms with E-state index < -0.39 is 0 Å². The maximum atomic E-state index is 13.2. The molecule has 0 aliphatic rings. The van der Waals surface area contributed by atoms with Crippen LogP contribution in [0.1, 0.15) is 6.92 Å². The van der Waals surface area contributed by atoms with Gasteiger partial charge in [0.2, 0.25) is 0 Å². The normalized spacial score (nSPS) is 9.77. The molecule has 0 atom stereocenters. The van der Waals surface area contributed by atoms with Crippen LogP contribution in [0.2, 0.25) is 0 Å². The van der Waals surface area contributed by atoms with Crippen molar-refractivity contribution in [2.75, 3.05) is 18.5 Å². The van der Waals surface area contributed by atoms with Crippen LogP contribution >= 0.6 is 0 Å². The smallest absolute Gasteiger partial charge is 0.146 e. The SMILES string of the molecule is C=C(C)CN(C)c1ccccc1F. The molecule has 0 amide bonds. The van der Waals surface area contributed by atoms with E-state index in [-0.39, 0.29) is 5.82 Å². The van der Waals surface area contributed by atoms with Crippen LogP contribution < -0.4 is 4.90 Å². The van der Waals surface area contributed by atoms with Crippen molar-refractivity contribution in [2.24, 2.45) is 0 Å². The predicted octanol–water partition coefficient (Wildman–Crippen LogP) is 2.84. The molecule has 0 aliphatic carbocycles. The van der Waals surface area contributed by atoms with Gasteiger partial charge in [-0.25, -0.2) is 4.39 Å². The summed E-state index contributed by atoms with van der Waals surface area (Å²) >= 11 is 0. The van der Waals surface area contributed by atoms with Gasteiger partial charge in [0.05, 0.1) is 5.69 Å². The molecule has 0 saturated carbocycles. The van der Waals surface area contributed by atoms with Crippen LogP contribution in [0.25, 0.3) is 0 Å². The zero-order chi connectivity index (χ0) is 9.84. The highest BCUT2D eigenvalue weighted by Gasteiger charge is 2.05. The molecule has 0 aromatic heterocycles. The Morgan fingerprint density at radius 3 is 2.62 bits per heavy atom. The molecule has 0 N–H and O–H groups in total. The van der Waals surface area contributed by atoms with Gasteiger partial charge in [-0.1, -0.05) is 24.3 Å². The number of hydrogen-bond acceptors (Lipinski definition) is 1. The first kappa shape index (κ1) is 9.78. The quantitative estimate of drug-likeness (QED) is 0.645. The van der Waals surface area contributed by atoms with E-state index in [4.69, 9.17) is 0 Å². The fourth-order valence-corrected chi connectivity index (χ4v) is 1.25. The van der Waals surface area contributed by atoms with Gasteiger partial charge in [0.15, 0.2) is 0 Å². The summed E-state index contributed by atoms with van der Waals surface area (Å²) in [6.07, 6.45) is 0. The van der Waals surface area contributed by atoms with E-state index in [1.165, 1.54) is 6.07 Å². The summed E-state index contributed by atoms with van der Waals surface area (Å²) in [4.78, 5) is 1.84. The van der Waals surface area contributed by atoms with Crippen molar-refractivity contribution in [1.82, 2.24) is 0 Å². The Hall–Kier alpha value is -1.31. The molecule has 0 bridgehead atoms. The summed E-state index contributed by atoms with van der Waals surface area (Å²) in [5.74, 6) is -0.189. The van der Waals surface area contributed by atoms with E-state index in [1.807, 2.05) is 24.9 Å². The highest BCUT2D eigenvalue weighted by atomic mass is 19.1. The summed E-state index contributed by atoms with van der Waals surface area (Å²) in [6, 6.07) is 6.74. The van der Waals surface area contributed by atoms with E-state index >= 15 is 0 Å². The van der Waals surface area contributed by atoms with E-state index in [9.17, 15) is 4.39 Å². The molecule has 1 aromatic rings. The maximum absolute atomic E-state index is 13.2. The first-order valence-corrected chi connectivity index (χ1v) is 4.21. The summed E-state index contributed by atoms with van der Waals surface area (Å²) in [6.45, 7) is 6.40. The topological polar surface area (TPSA) is 3.24 Å². The van der Waals surface area contributed by atoms with Crippen molar-refractivity contribution in [3.8, 4) is 0 Å². The van der Waals surface area contributed by atoms with Crippen LogP contribution in [0.5, 0.6) is 0 Å². The second-order valence-corrected chi connectivity index (χ2v) is 3.26. The van der Waals surface area contributed by atoms with Gasteiger partial charge in [-0.05, 0) is 19.1 Å². The zero-order valence-electron chi connectivity index (χ0n) is 8.05. The lowest BCUT2D eigenvalue weighted by molar-refractivity contribution is 0.624. The summed E-state index contributed by atoms with van der Waals surface area (Å²) in [7, 11) is 1.85. The molecule has 1 aromatic carbocycles. The van der Waals surface area contributed by atoms with Crippen molar-refractivity contribution < 1.29 is 4.39 Å². The van der Waals surface area contributed by atoms with Gasteiger partial charge in [0.1, 0.15) is 5.82 Å². The molecule has 0 spiro atoms. The summed E-state index contributed by atoms with van der Waals surface area (Å²) < 4.78 is 13.2. The Balaban J connectivity index is 2.82. The average molecular weight is 179 g/mol. The van der Waals surface area contributed by atoms with E-state index in [0.717, 1.165) is 5.57 Å². The van der Waals surface area contributed by atoms with Gasteiger partial charge >= 0.3 is 0 Å². The summed E-state index contributed by atoms with van der Waals surface area (Å²) in [5, 5.41) is 0. The van der Waals surface area contributed by atoms with Crippen LogP contribution in [-0.2, 0) is 0 Å². The Kier molecular flexibility index (Phi) is 3.07. The number of nitrogens with zero attached hydrogens (tertiary/aromatic N) is 1. The first-order valence-electron chi connectivity index (χ1n) is 4.21. The molecular weight excluding hydrogens is 165 g/mol. The largest absolute Gasteiger partial charge is 0.368 e. The fraction of sp³-hybridized carbons (Fsp3) is 0.273. The lowest BCUT2D eigenvalue weighted by Crippen LogP contribution is -2.19. The van der Waals surface area contributed by atoms with Crippen molar-refractivity contribution >= 4 is 5.69 Å². The van der Waals surface area contributed by atoms with Gasteiger partial charge in [-0.15, -0.1) is 0 Å². The third kappa shape index (κ3) is 2.58. The van der Waals surface area contributed by atoms with Crippen LogP contribution in [-0.4, -0.2) is 13.6 Å². The Morgan fingerprint density at radius 1 is 1.46 bits per heavy atom. The van der Waals surface area contributed by atoms with Crippen molar-refractivity contribution in [2.45, 2.75) is 6.92 Å². The summed E-state index contributed by atoms with van der Waals surface area (Å²) in [5.41, 5.74) is 1.64. The highest BCUT2D eigenvalue weighted by Crippen LogP contribution is 2.17. The Bertz CT molecular complexity index is 307. The standard InChI is InChI=1S/C11H14FN/c1-9(2)8-13(3)11-7-5-4-6-10(11)12/h4-7H,1,8H2,2-3H3. The second-order valence-electron chi connectivity index (χ2n) is 3.26. The minimum absolute atomic E-state index is 0.189. The van der Waals surface area contributed by atoms with Crippen molar-refractivity contribution in [3.05, 3.63) is 42.2 Å². The molecular formula is C11H14FN. The van der Waals surface area contributed by atoms with E-state index in [1.54, 1.807) is 12.1 Å². The third-order valence-electron chi connectivity index (χ3n) is 1.77. The number of anilines is 1. The van der Waals surface area contributed by atoms with Crippen molar-refractivity contribution in [3.63, 3.8) is 0 Å². The Labute approximate surface area is 78.5 Å². The van der Waals surface area contributed by atoms with Crippen LogP contribution in [0.3, 0.4) is 0 Å². The molecule has 1 nitrogen and oxygen atoms in total. The second kappa shape index (κ2) is 4.08. The molecule has 2 heteroatoms. The molecule has 0 radical (unpaired) electrons. The molecule has 70 valence electrons. The molecule has 0 fully saturated rings. The number of benzene rings is 1. The lowest BCUT2D eigenvalue weighted by atomic mass is 10.2. The van der Waals surface area contributed by atoms with Gasteiger partial charge in [0, 0.05) is 13.6 Å². The lowest BCUT2D eigenvalue weighted by Gasteiger charge is -2.19. The van der Waals surface area contributed by atoms with Gasteiger partial charge in [-0.2, -0.15) is 0 Å². The Morgan fingerprint density at radius 2 is 2.08 bits per heavy atom.